The minimum atomic E-state index is 0.550. The number of ether oxygens (including phenoxy) is 1. The Balaban J connectivity index is 2.03. The van der Waals surface area contributed by atoms with Gasteiger partial charge < -0.3 is 4.74 Å². The van der Waals surface area contributed by atoms with E-state index in [1.165, 1.54) is 16.2 Å². The van der Waals surface area contributed by atoms with Crippen LogP contribution < -0.4 is 4.80 Å². The third kappa shape index (κ3) is 5.27. The molecule has 0 atom stereocenters. The van der Waals surface area contributed by atoms with Crippen LogP contribution in [-0.4, -0.2) is 37.4 Å². The maximum Gasteiger partial charge on any atom is 0.206 e. The minimum absolute atomic E-state index is 0.550. The van der Waals surface area contributed by atoms with Crippen molar-refractivity contribution in [2.24, 2.45) is 10.1 Å². The Labute approximate surface area is 182 Å². The molecule has 0 saturated carbocycles. The maximum atomic E-state index is 6.42. The lowest BCUT2D eigenvalue weighted by Crippen LogP contribution is -2.13. The molecular formula is C20H19Cl2N3OS2. The van der Waals surface area contributed by atoms with E-state index in [1.54, 1.807) is 29.6 Å². The van der Waals surface area contributed by atoms with E-state index in [1.807, 2.05) is 35.9 Å². The van der Waals surface area contributed by atoms with Crippen molar-refractivity contribution in [2.75, 3.05) is 26.5 Å². The van der Waals surface area contributed by atoms with Gasteiger partial charge in [0.2, 0.25) is 4.80 Å². The molecule has 0 N–H and O–H groups in total. The summed E-state index contributed by atoms with van der Waals surface area (Å²) in [5.74, 6) is 0. The highest BCUT2D eigenvalue weighted by Gasteiger charge is 2.11. The summed E-state index contributed by atoms with van der Waals surface area (Å²) >= 11 is 15.7. The number of hydrogen-bond donors (Lipinski definition) is 0. The fourth-order valence-corrected chi connectivity index (χ4v) is 4.22. The van der Waals surface area contributed by atoms with Gasteiger partial charge in [0.05, 0.1) is 30.1 Å². The molecule has 3 aromatic rings. The lowest BCUT2D eigenvalue weighted by atomic mass is 10.2. The summed E-state index contributed by atoms with van der Waals surface area (Å²) in [4.78, 5) is 6.58. The average molecular weight is 452 g/mol. The van der Waals surface area contributed by atoms with Crippen LogP contribution in [0.5, 0.6) is 0 Å². The molecule has 0 spiro atoms. The minimum Gasteiger partial charge on any atom is -0.383 e. The van der Waals surface area contributed by atoms with Gasteiger partial charge in [-0.3, -0.25) is 4.99 Å². The predicted molar refractivity (Wildman–Crippen MR) is 121 cm³/mol. The first-order chi connectivity index (χ1) is 13.6. The van der Waals surface area contributed by atoms with Crippen molar-refractivity contribution in [3.05, 3.63) is 68.3 Å². The zero-order valence-electron chi connectivity index (χ0n) is 15.4. The molecule has 8 heteroatoms. The summed E-state index contributed by atoms with van der Waals surface area (Å²) in [7, 11) is 1.66. The molecule has 28 heavy (non-hydrogen) atoms. The van der Waals surface area contributed by atoms with Crippen LogP contribution in [0.1, 0.15) is 5.56 Å². The first kappa shape index (κ1) is 21.1. The molecule has 1 aromatic heterocycles. The van der Waals surface area contributed by atoms with Gasteiger partial charge >= 0.3 is 0 Å². The smallest absolute Gasteiger partial charge is 0.206 e. The maximum absolute atomic E-state index is 6.42. The predicted octanol–water partition coefficient (Wildman–Crippen LogP) is 5.67. The standard InChI is InChI=1S/C20H19Cl2N3OS2/c1-26-10-9-23-20-25(24-12-14-3-6-16(27-2)7-4-14)19(13-28-20)17-8-5-15(21)11-18(17)22/h3-8,11-13H,9-10H2,1-2H3. The number of thiazole rings is 1. The van der Waals surface area contributed by atoms with E-state index in [2.05, 4.69) is 28.5 Å². The second-order valence-corrected chi connectivity index (χ2v) is 8.29. The number of nitrogens with zero attached hydrogens (tertiary/aromatic N) is 3. The quantitative estimate of drug-likeness (QED) is 0.263. The van der Waals surface area contributed by atoms with Crippen molar-refractivity contribution < 1.29 is 4.74 Å². The van der Waals surface area contributed by atoms with Crippen LogP contribution in [0.2, 0.25) is 10.0 Å². The van der Waals surface area contributed by atoms with Crippen LogP contribution in [0, 0.1) is 0 Å². The SMILES string of the molecule is COCCN=c1scc(-c2ccc(Cl)cc2Cl)n1N=Cc1ccc(SC)cc1. The Morgan fingerprint density at radius 3 is 2.64 bits per heavy atom. The number of benzene rings is 2. The van der Waals surface area contributed by atoms with Crippen LogP contribution in [0.3, 0.4) is 0 Å². The second kappa shape index (κ2) is 10.3. The third-order valence-electron chi connectivity index (χ3n) is 3.87. The second-order valence-electron chi connectivity index (χ2n) is 5.73. The molecule has 3 rings (SSSR count). The molecule has 0 radical (unpaired) electrons. The summed E-state index contributed by atoms with van der Waals surface area (Å²) < 4.78 is 6.91. The number of methoxy groups -OCH3 is 1. The van der Waals surface area contributed by atoms with Gasteiger partial charge in [0, 0.05) is 28.0 Å². The van der Waals surface area contributed by atoms with Gasteiger partial charge in [-0.2, -0.15) is 5.10 Å². The summed E-state index contributed by atoms with van der Waals surface area (Å²) in [6.07, 6.45) is 3.87. The van der Waals surface area contributed by atoms with E-state index in [0.717, 1.165) is 21.6 Å². The molecule has 0 saturated heterocycles. The molecule has 0 amide bonds. The van der Waals surface area contributed by atoms with E-state index in [4.69, 9.17) is 27.9 Å². The molecular weight excluding hydrogens is 433 g/mol. The Kier molecular flexibility index (Phi) is 7.76. The van der Waals surface area contributed by atoms with Gasteiger partial charge in [-0.15, -0.1) is 23.1 Å². The van der Waals surface area contributed by atoms with Crippen LogP contribution in [0.4, 0.5) is 0 Å². The van der Waals surface area contributed by atoms with E-state index >= 15 is 0 Å². The van der Waals surface area contributed by atoms with Gasteiger partial charge in [0.1, 0.15) is 0 Å². The summed E-state index contributed by atoms with van der Waals surface area (Å²) in [6, 6.07) is 13.7. The van der Waals surface area contributed by atoms with Crippen molar-refractivity contribution in [2.45, 2.75) is 4.90 Å². The van der Waals surface area contributed by atoms with Crippen molar-refractivity contribution >= 4 is 52.5 Å². The Hall–Kier alpha value is -1.57. The molecule has 0 bridgehead atoms. The molecule has 146 valence electrons. The van der Waals surface area contributed by atoms with Crippen molar-refractivity contribution in [3.63, 3.8) is 0 Å². The highest BCUT2D eigenvalue weighted by Crippen LogP contribution is 2.30. The van der Waals surface area contributed by atoms with Crippen molar-refractivity contribution in [1.82, 2.24) is 4.68 Å². The van der Waals surface area contributed by atoms with E-state index in [0.29, 0.717) is 23.2 Å². The highest BCUT2D eigenvalue weighted by atomic mass is 35.5. The zero-order valence-corrected chi connectivity index (χ0v) is 18.6. The largest absolute Gasteiger partial charge is 0.383 e. The Morgan fingerprint density at radius 2 is 1.96 bits per heavy atom. The molecule has 0 fully saturated rings. The number of thioether (sulfide) groups is 1. The molecule has 0 unspecified atom stereocenters. The van der Waals surface area contributed by atoms with Gasteiger partial charge in [-0.1, -0.05) is 35.3 Å². The fraction of sp³-hybridized carbons (Fsp3) is 0.200. The monoisotopic (exact) mass is 451 g/mol. The molecule has 1 heterocycles. The first-order valence-electron chi connectivity index (χ1n) is 8.46. The lowest BCUT2D eigenvalue weighted by Gasteiger charge is -2.06. The summed E-state index contributed by atoms with van der Waals surface area (Å²) in [6.45, 7) is 1.11. The summed E-state index contributed by atoms with van der Waals surface area (Å²) in [5.41, 5.74) is 2.72. The molecule has 4 nitrogen and oxygen atoms in total. The van der Waals surface area contributed by atoms with Crippen molar-refractivity contribution in [1.29, 1.82) is 0 Å². The highest BCUT2D eigenvalue weighted by molar-refractivity contribution is 7.98. The van der Waals surface area contributed by atoms with Crippen LogP contribution in [-0.2, 0) is 4.74 Å². The Bertz CT molecular complexity index is 1030. The summed E-state index contributed by atoms with van der Waals surface area (Å²) in [5, 5.41) is 7.84. The zero-order chi connectivity index (χ0) is 19.9. The first-order valence-corrected chi connectivity index (χ1v) is 11.3. The van der Waals surface area contributed by atoms with Crippen LogP contribution in [0.25, 0.3) is 11.3 Å². The van der Waals surface area contributed by atoms with Gasteiger partial charge in [0.25, 0.3) is 0 Å². The molecule has 2 aromatic carbocycles. The van der Waals surface area contributed by atoms with Crippen LogP contribution >= 0.6 is 46.3 Å². The third-order valence-corrected chi connectivity index (χ3v) is 6.02. The van der Waals surface area contributed by atoms with E-state index < -0.39 is 0 Å². The van der Waals surface area contributed by atoms with E-state index in [9.17, 15) is 0 Å². The van der Waals surface area contributed by atoms with Gasteiger partial charge in [-0.25, -0.2) is 4.68 Å². The molecule has 0 aliphatic rings. The normalized spacial score (nSPS) is 12.2. The average Bonchev–Trinajstić information content (AvgIpc) is 3.09. The number of aromatic nitrogens is 1. The lowest BCUT2D eigenvalue weighted by molar-refractivity contribution is 0.207. The fourth-order valence-electron chi connectivity index (χ4n) is 2.45. The Morgan fingerprint density at radius 1 is 1.18 bits per heavy atom. The van der Waals surface area contributed by atoms with Gasteiger partial charge in [0.15, 0.2) is 0 Å². The van der Waals surface area contributed by atoms with E-state index in [-0.39, 0.29) is 0 Å². The number of hydrogen-bond acceptors (Lipinski definition) is 5. The van der Waals surface area contributed by atoms with Gasteiger partial charge in [-0.05, 0) is 42.2 Å². The van der Waals surface area contributed by atoms with Crippen LogP contribution in [0.15, 0.2) is 62.8 Å². The topological polar surface area (TPSA) is 38.9 Å². The number of halogens is 2. The number of rotatable bonds is 7. The van der Waals surface area contributed by atoms with Crippen molar-refractivity contribution in [3.8, 4) is 11.3 Å². The molecule has 0 aliphatic carbocycles. The molecule has 0 aliphatic heterocycles.